The average molecular weight is 323 g/mol. The van der Waals surface area contributed by atoms with Crippen molar-refractivity contribution in [3.05, 3.63) is 83.2 Å². The molecule has 0 unspecified atom stereocenters. The molecule has 122 valence electrons. The molecule has 0 aliphatic rings. The molecule has 0 N–H and O–H groups in total. The third-order valence-electron chi connectivity index (χ3n) is 3.80. The van der Waals surface area contributed by atoms with Gasteiger partial charge in [-0.2, -0.15) is 5.10 Å². The van der Waals surface area contributed by atoms with Crippen LogP contribution in [0, 0.1) is 5.82 Å². The number of hydrogen-bond donors (Lipinski definition) is 0. The van der Waals surface area contributed by atoms with Crippen LogP contribution in [-0.4, -0.2) is 20.5 Å². The van der Waals surface area contributed by atoms with Gasteiger partial charge >= 0.3 is 0 Å². The number of aromatic nitrogens is 3. The molecule has 0 atom stereocenters. The summed E-state index contributed by atoms with van der Waals surface area (Å²) in [6.45, 7) is 2.71. The predicted octanol–water partition coefficient (Wildman–Crippen LogP) is 3.45. The van der Waals surface area contributed by atoms with Gasteiger partial charge in [-0.3, -0.25) is 14.5 Å². The highest BCUT2D eigenvalue weighted by Gasteiger charge is 2.11. The van der Waals surface area contributed by atoms with E-state index in [1.165, 1.54) is 12.1 Å². The third-order valence-corrected chi connectivity index (χ3v) is 3.80. The summed E-state index contributed by atoms with van der Waals surface area (Å²) in [5, 5.41) is 4.21. The average Bonchev–Trinajstić information content (AvgIpc) is 3.08. The molecule has 0 aliphatic heterocycles. The lowest BCUT2D eigenvalue weighted by molar-refractivity contribution is 0.0986. The second kappa shape index (κ2) is 7.17. The van der Waals surface area contributed by atoms with Crippen LogP contribution in [0.1, 0.15) is 34.2 Å². The number of benzene rings is 1. The largest absolute Gasteiger partial charge is 0.292 e. The van der Waals surface area contributed by atoms with Crippen molar-refractivity contribution >= 4 is 5.78 Å². The van der Waals surface area contributed by atoms with E-state index in [-0.39, 0.29) is 18.0 Å². The molecule has 0 saturated heterocycles. The van der Waals surface area contributed by atoms with Crippen molar-refractivity contribution in [1.29, 1.82) is 0 Å². The van der Waals surface area contributed by atoms with E-state index in [0.717, 1.165) is 17.7 Å². The first-order chi connectivity index (χ1) is 11.6. The number of halogens is 1. The Bertz CT molecular complexity index is 823. The van der Waals surface area contributed by atoms with E-state index in [4.69, 9.17) is 0 Å². The summed E-state index contributed by atoms with van der Waals surface area (Å²) in [4.78, 5) is 16.6. The number of hydrogen-bond acceptors (Lipinski definition) is 3. The second-order valence-electron chi connectivity index (χ2n) is 5.62. The lowest BCUT2D eigenvalue weighted by atomic mass is 10.1. The third kappa shape index (κ3) is 3.93. The number of carbonyl (C=O) groups excluding carboxylic acids is 1. The maximum atomic E-state index is 12.9. The van der Waals surface area contributed by atoms with Crippen LogP contribution in [0.3, 0.4) is 0 Å². The minimum atomic E-state index is -0.240. The van der Waals surface area contributed by atoms with Crippen LogP contribution >= 0.6 is 0 Å². The van der Waals surface area contributed by atoms with Crippen LogP contribution in [0.5, 0.6) is 0 Å². The van der Waals surface area contributed by atoms with Crippen molar-refractivity contribution in [1.82, 2.24) is 14.8 Å². The molecule has 0 spiro atoms. The first kappa shape index (κ1) is 16.1. The van der Waals surface area contributed by atoms with E-state index in [9.17, 15) is 9.18 Å². The Balaban J connectivity index is 1.63. The van der Waals surface area contributed by atoms with Crippen molar-refractivity contribution in [2.24, 2.45) is 0 Å². The maximum absolute atomic E-state index is 12.9. The van der Waals surface area contributed by atoms with E-state index >= 15 is 0 Å². The van der Waals surface area contributed by atoms with E-state index in [0.29, 0.717) is 17.8 Å². The number of Topliss-reactive ketones (excluding diaryl/α,β-unsaturated/α-hetero) is 1. The van der Waals surface area contributed by atoms with Gasteiger partial charge in [0.2, 0.25) is 0 Å². The predicted molar refractivity (Wildman–Crippen MR) is 89.4 cm³/mol. The molecule has 0 amide bonds. The first-order valence-electron chi connectivity index (χ1n) is 7.89. The SMILES string of the molecule is CCn1ccc(C(=O)Cc2ccc(Cc3ccc(F)cc3)cn2)n1. The summed E-state index contributed by atoms with van der Waals surface area (Å²) in [5.74, 6) is -0.280. The van der Waals surface area contributed by atoms with Crippen molar-refractivity contribution in [3.63, 3.8) is 0 Å². The lowest BCUT2D eigenvalue weighted by Crippen LogP contribution is -2.07. The van der Waals surface area contributed by atoms with Crippen LogP contribution in [-0.2, 0) is 19.4 Å². The van der Waals surface area contributed by atoms with Gasteiger partial charge in [-0.15, -0.1) is 0 Å². The van der Waals surface area contributed by atoms with Gasteiger partial charge < -0.3 is 0 Å². The Kier molecular flexibility index (Phi) is 4.79. The van der Waals surface area contributed by atoms with Gasteiger partial charge in [0.25, 0.3) is 0 Å². The summed E-state index contributed by atoms with van der Waals surface area (Å²) >= 11 is 0. The fourth-order valence-corrected chi connectivity index (χ4v) is 2.44. The molecule has 3 rings (SSSR count). The zero-order valence-electron chi connectivity index (χ0n) is 13.4. The summed E-state index contributed by atoms with van der Waals surface area (Å²) in [6, 6.07) is 12.0. The fraction of sp³-hybridized carbons (Fsp3) is 0.211. The molecular formula is C19H18FN3O. The zero-order chi connectivity index (χ0) is 16.9. The Morgan fingerprint density at radius 2 is 1.83 bits per heavy atom. The molecule has 24 heavy (non-hydrogen) atoms. The van der Waals surface area contributed by atoms with Gasteiger partial charge in [0.1, 0.15) is 11.5 Å². The minimum Gasteiger partial charge on any atom is -0.292 e. The number of nitrogens with zero attached hydrogens (tertiary/aromatic N) is 3. The van der Waals surface area contributed by atoms with E-state index in [1.807, 2.05) is 19.1 Å². The molecule has 0 bridgehead atoms. The number of carbonyl (C=O) groups is 1. The molecule has 0 radical (unpaired) electrons. The molecule has 1 aromatic carbocycles. The molecule has 2 heterocycles. The maximum Gasteiger partial charge on any atom is 0.188 e. The molecule has 4 nitrogen and oxygen atoms in total. The summed E-state index contributed by atoms with van der Waals surface area (Å²) in [5.41, 5.74) is 3.23. The summed E-state index contributed by atoms with van der Waals surface area (Å²) in [7, 11) is 0. The zero-order valence-corrected chi connectivity index (χ0v) is 13.4. The van der Waals surface area contributed by atoms with Crippen molar-refractivity contribution < 1.29 is 9.18 Å². The van der Waals surface area contributed by atoms with Crippen molar-refractivity contribution in [3.8, 4) is 0 Å². The molecule has 5 heteroatoms. The highest BCUT2D eigenvalue weighted by atomic mass is 19.1. The first-order valence-corrected chi connectivity index (χ1v) is 7.89. The Morgan fingerprint density at radius 1 is 1.08 bits per heavy atom. The molecule has 0 saturated carbocycles. The van der Waals surface area contributed by atoms with Crippen LogP contribution in [0.15, 0.2) is 54.9 Å². The molecule has 2 aromatic heterocycles. The van der Waals surface area contributed by atoms with Crippen LogP contribution in [0.4, 0.5) is 4.39 Å². The number of pyridine rings is 1. The Hall–Kier alpha value is -2.82. The lowest BCUT2D eigenvalue weighted by Gasteiger charge is -2.03. The van der Waals surface area contributed by atoms with Crippen molar-refractivity contribution in [2.45, 2.75) is 26.3 Å². The van der Waals surface area contributed by atoms with E-state index < -0.39 is 0 Å². The van der Waals surface area contributed by atoms with Gasteiger partial charge in [-0.25, -0.2) is 4.39 Å². The Labute approximate surface area is 140 Å². The highest BCUT2D eigenvalue weighted by Crippen LogP contribution is 2.11. The van der Waals surface area contributed by atoms with Crippen LogP contribution in [0.25, 0.3) is 0 Å². The summed E-state index contributed by atoms with van der Waals surface area (Å²) in [6.07, 6.45) is 4.48. The van der Waals surface area contributed by atoms with Gasteiger partial charge in [-0.1, -0.05) is 18.2 Å². The van der Waals surface area contributed by atoms with Gasteiger partial charge in [0.05, 0.1) is 6.42 Å². The van der Waals surface area contributed by atoms with Gasteiger partial charge in [0.15, 0.2) is 5.78 Å². The highest BCUT2D eigenvalue weighted by molar-refractivity contribution is 5.95. The van der Waals surface area contributed by atoms with Crippen LogP contribution < -0.4 is 0 Å². The monoisotopic (exact) mass is 323 g/mol. The second-order valence-corrected chi connectivity index (χ2v) is 5.62. The quantitative estimate of drug-likeness (QED) is 0.653. The minimum absolute atomic E-state index is 0.0408. The number of rotatable bonds is 6. The van der Waals surface area contributed by atoms with Crippen LogP contribution in [0.2, 0.25) is 0 Å². The standard InChI is InChI=1S/C19H18FN3O/c1-2-23-10-9-18(22-23)19(24)12-17-8-5-15(13-21-17)11-14-3-6-16(20)7-4-14/h3-10,13H,2,11-12H2,1H3. The molecule has 0 aliphatic carbocycles. The number of aryl methyl sites for hydroxylation is 1. The molecule has 3 aromatic rings. The topological polar surface area (TPSA) is 47.8 Å². The normalized spacial score (nSPS) is 10.8. The van der Waals surface area contributed by atoms with Crippen molar-refractivity contribution in [2.75, 3.05) is 0 Å². The Morgan fingerprint density at radius 3 is 2.46 bits per heavy atom. The van der Waals surface area contributed by atoms with Gasteiger partial charge in [-0.05, 0) is 48.7 Å². The van der Waals surface area contributed by atoms with E-state index in [2.05, 4.69) is 10.1 Å². The summed E-state index contributed by atoms with van der Waals surface area (Å²) < 4.78 is 14.6. The molecular weight excluding hydrogens is 305 g/mol. The van der Waals surface area contributed by atoms with Gasteiger partial charge in [0, 0.05) is 24.6 Å². The van der Waals surface area contributed by atoms with E-state index in [1.54, 1.807) is 35.3 Å². The number of ketones is 1. The fourth-order valence-electron chi connectivity index (χ4n) is 2.44. The molecule has 0 fully saturated rings. The smallest absolute Gasteiger partial charge is 0.188 e.